The van der Waals surface area contributed by atoms with Crippen LogP contribution in [0.2, 0.25) is 5.15 Å². The Balaban J connectivity index is 1.75. The fraction of sp³-hybridized carbons (Fsp3) is 0.348. The molecule has 1 atom stereocenters. The van der Waals surface area contributed by atoms with Crippen LogP contribution in [0.4, 0.5) is 8.78 Å². The molecule has 0 amide bonds. The Bertz CT molecular complexity index is 1820. The molecule has 0 bridgehead atoms. The molecular formula is C23H24ClF2N7O3S3. The summed E-state index contributed by atoms with van der Waals surface area (Å²) in [6, 6.07) is 6.32. The smallest absolute Gasteiger partial charge is 0.291 e. The van der Waals surface area contributed by atoms with E-state index in [1.54, 1.807) is 32.0 Å². The lowest BCUT2D eigenvalue weighted by Crippen LogP contribution is -2.34. The van der Waals surface area contributed by atoms with Crippen LogP contribution in [0.15, 0.2) is 40.3 Å². The first-order valence-electron chi connectivity index (χ1n) is 11.7. The zero-order chi connectivity index (χ0) is 28.3. The predicted molar refractivity (Wildman–Crippen MR) is 145 cm³/mol. The van der Waals surface area contributed by atoms with Gasteiger partial charge in [0.15, 0.2) is 21.0 Å². The summed E-state index contributed by atoms with van der Waals surface area (Å²) in [6.45, 7) is 3.59. The van der Waals surface area contributed by atoms with Crippen molar-refractivity contribution in [2.75, 3.05) is 12.3 Å². The SMILES string of the molecule is Cc1cc(-c2cc(S(=O)(=O)NC3(C)CC3)cn3c(-c4nnc(C(F)F)s4)nc(Cl)c23)ccc1S(=N)(=O)CCN. The molecule has 0 spiro atoms. The van der Waals surface area contributed by atoms with Gasteiger partial charge in [-0.1, -0.05) is 35.1 Å². The minimum absolute atomic E-state index is 0.00410. The molecule has 1 unspecified atom stereocenters. The fourth-order valence-corrected chi connectivity index (χ4v) is 8.08. The lowest BCUT2D eigenvalue weighted by molar-refractivity contribution is 0.150. The molecule has 208 valence electrons. The quantitative estimate of drug-likeness (QED) is 0.248. The van der Waals surface area contributed by atoms with Gasteiger partial charge in [-0.25, -0.2) is 35.9 Å². The highest BCUT2D eigenvalue weighted by Gasteiger charge is 2.41. The molecule has 4 N–H and O–H groups in total. The molecule has 0 aliphatic heterocycles. The zero-order valence-corrected chi connectivity index (χ0v) is 23.9. The number of benzene rings is 1. The van der Waals surface area contributed by atoms with Gasteiger partial charge in [0.1, 0.15) is 0 Å². The first kappa shape index (κ1) is 28.0. The van der Waals surface area contributed by atoms with Gasteiger partial charge >= 0.3 is 0 Å². The maximum absolute atomic E-state index is 13.4. The number of alkyl halides is 2. The Morgan fingerprint density at radius 2 is 1.97 bits per heavy atom. The lowest BCUT2D eigenvalue weighted by atomic mass is 10.0. The number of rotatable bonds is 9. The van der Waals surface area contributed by atoms with Crippen molar-refractivity contribution in [3.8, 4) is 22.0 Å². The number of aryl methyl sites for hydroxylation is 1. The number of hydrogen-bond acceptors (Lipinski definition) is 9. The van der Waals surface area contributed by atoms with Gasteiger partial charge in [0, 0.05) is 29.6 Å². The molecular weight excluding hydrogens is 592 g/mol. The van der Waals surface area contributed by atoms with E-state index in [0.717, 1.165) is 0 Å². The number of imidazole rings is 1. The first-order chi connectivity index (χ1) is 18.2. The van der Waals surface area contributed by atoms with Crippen molar-refractivity contribution >= 4 is 48.2 Å². The van der Waals surface area contributed by atoms with Gasteiger partial charge in [-0.05, 0) is 49.9 Å². The van der Waals surface area contributed by atoms with Gasteiger partial charge in [0.25, 0.3) is 6.43 Å². The third kappa shape index (κ3) is 5.30. The fourth-order valence-electron chi connectivity index (χ4n) is 4.21. The number of hydrogen-bond donors (Lipinski definition) is 3. The average molecular weight is 616 g/mol. The summed E-state index contributed by atoms with van der Waals surface area (Å²) < 4.78 is 78.5. The van der Waals surface area contributed by atoms with Crippen LogP contribution in [0.3, 0.4) is 0 Å². The Labute approximate surface area is 232 Å². The maximum atomic E-state index is 13.4. The van der Waals surface area contributed by atoms with Crippen LogP contribution in [0.25, 0.3) is 27.5 Å². The van der Waals surface area contributed by atoms with Gasteiger partial charge in [-0.3, -0.25) is 4.40 Å². The second-order valence-electron chi connectivity index (χ2n) is 9.59. The summed E-state index contributed by atoms with van der Waals surface area (Å²) in [5.41, 5.74) is 6.76. The normalized spacial score (nSPS) is 16.6. The third-order valence-corrected chi connectivity index (χ3v) is 11.2. The summed E-state index contributed by atoms with van der Waals surface area (Å²) in [5.74, 6) is 0.0522. The largest absolute Gasteiger partial charge is 0.330 e. The van der Waals surface area contributed by atoms with Gasteiger partial charge in [-0.15, -0.1) is 10.2 Å². The Hall–Kier alpha value is -2.56. The molecule has 3 heterocycles. The zero-order valence-electron chi connectivity index (χ0n) is 20.7. The Kier molecular flexibility index (Phi) is 7.04. The van der Waals surface area contributed by atoms with E-state index >= 15 is 0 Å². The Morgan fingerprint density at radius 3 is 2.56 bits per heavy atom. The molecule has 1 aliphatic rings. The first-order valence-corrected chi connectivity index (χ1v) is 16.1. The summed E-state index contributed by atoms with van der Waals surface area (Å²) in [7, 11) is -7.13. The van der Waals surface area contributed by atoms with E-state index in [2.05, 4.69) is 19.9 Å². The molecule has 39 heavy (non-hydrogen) atoms. The second kappa shape index (κ2) is 9.82. The molecule has 1 fully saturated rings. The highest BCUT2D eigenvalue weighted by atomic mass is 35.5. The van der Waals surface area contributed by atoms with Crippen LogP contribution in [0.5, 0.6) is 0 Å². The van der Waals surface area contributed by atoms with Crippen LogP contribution in [0.1, 0.15) is 36.8 Å². The van der Waals surface area contributed by atoms with E-state index < -0.39 is 36.7 Å². The molecule has 1 aliphatic carbocycles. The number of sulfonamides is 1. The number of nitrogens with zero attached hydrogens (tertiary/aromatic N) is 4. The number of aromatic nitrogens is 4. The molecule has 3 aromatic heterocycles. The summed E-state index contributed by atoms with van der Waals surface area (Å²) in [6.07, 6.45) is -0.119. The highest BCUT2D eigenvalue weighted by Crippen LogP contribution is 2.40. The average Bonchev–Trinajstić information content (AvgIpc) is 3.24. The van der Waals surface area contributed by atoms with Crippen LogP contribution in [0, 0.1) is 11.7 Å². The topological polar surface area (TPSA) is 156 Å². The van der Waals surface area contributed by atoms with Gasteiger partial charge in [0.2, 0.25) is 10.0 Å². The molecule has 16 heteroatoms. The van der Waals surface area contributed by atoms with Gasteiger partial charge < -0.3 is 5.73 Å². The number of pyridine rings is 1. The Morgan fingerprint density at radius 1 is 1.26 bits per heavy atom. The monoisotopic (exact) mass is 615 g/mol. The summed E-state index contributed by atoms with van der Waals surface area (Å²) in [4.78, 5) is 4.55. The standard InChI is InChI=1S/C23H24ClF2N7O3S3/c1-12-9-13(3-4-16(12)38(28,34)8-7-27)15-10-14(39(35,36)32-23(2)5-6-23)11-33-17(15)18(24)29-20(33)22-31-30-21(37-22)19(25)26/h3-4,9-11,19,28,32H,5-8,27H2,1-2H3. The summed E-state index contributed by atoms with van der Waals surface area (Å²) >= 11 is 7.17. The van der Waals surface area contributed by atoms with Crippen molar-refractivity contribution in [3.63, 3.8) is 0 Å². The molecule has 0 saturated heterocycles. The lowest BCUT2D eigenvalue weighted by Gasteiger charge is -2.16. The van der Waals surface area contributed by atoms with Crippen molar-refractivity contribution in [3.05, 3.63) is 46.2 Å². The van der Waals surface area contributed by atoms with E-state index in [4.69, 9.17) is 22.1 Å². The van der Waals surface area contributed by atoms with Gasteiger partial charge in [0.05, 0.1) is 25.0 Å². The molecule has 10 nitrogen and oxygen atoms in total. The number of halogens is 3. The number of nitrogens with two attached hydrogens (primary N) is 1. The molecule has 4 aromatic rings. The molecule has 1 aromatic carbocycles. The molecule has 0 radical (unpaired) electrons. The molecule has 5 rings (SSSR count). The van der Waals surface area contributed by atoms with E-state index in [-0.39, 0.29) is 33.2 Å². The minimum Gasteiger partial charge on any atom is -0.330 e. The van der Waals surface area contributed by atoms with Crippen molar-refractivity contribution in [2.45, 2.75) is 48.4 Å². The van der Waals surface area contributed by atoms with Crippen molar-refractivity contribution in [1.29, 1.82) is 4.78 Å². The van der Waals surface area contributed by atoms with Gasteiger partial charge in [-0.2, -0.15) is 0 Å². The predicted octanol–water partition coefficient (Wildman–Crippen LogP) is 4.61. The van der Waals surface area contributed by atoms with E-state index in [0.29, 0.717) is 51.3 Å². The van der Waals surface area contributed by atoms with Crippen LogP contribution in [-0.4, -0.2) is 50.0 Å². The summed E-state index contributed by atoms with van der Waals surface area (Å²) in [5, 5.41) is 6.86. The maximum Gasteiger partial charge on any atom is 0.291 e. The van der Waals surface area contributed by atoms with E-state index in [1.807, 2.05) is 0 Å². The third-order valence-electron chi connectivity index (χ3n) is 6.42. The second-order valence-corrected chi connectivity index (χ2v) is 14.8. The minimum atomic E-state index is -4.01. The van der Waals surface area contributed by atoms with E-state index in [1.165, 1.54) is 16.7 Å². The van der Waals surface area contributed by atoms with Crippen LogP contribution < -0.4 is 10.5 Å². The highest BCUT2D eigenvalue weighted by molar-refractivity contribution is 7.92. The van der Waals surface area contributed by atoms with Crippen LogP contribution in [-0.2, 0) is 19.8 Å². The van der Waals surface area contributed by atoms with Crippen molar-refractivity contribution < 1.29 is 21.4 Å². The van der Waals surface area contributed by atoms with E-state index in [9.17, 15) is 21.4 Å². The van der Waals surface area contributed by atoms with Crippen LogP contribution >= 0.6 is 22.9 Å². The number of nitrogens with one attached hydrogen (secondary N) is 2. The number of fused-ring (bicyclic) bond motifs is 1. The van der Waals surface area contributed by atoms with Crippen molar-refractivity contribution in [1.82, 2.24) is 24.3 Å². The van der Waals surface area contributed by atoms with Crippen molar-refractivity contribution in [2.24, 2.45) is 5.73 Å². The molecule has 1 saturated carbocycles.